The standard InChI is InChI=1S/C14H8F3N5O2/c15-10-6-5-9(11(16)12(10)17)13(23)18-7-1-3-8(4-2-7)22-14(24)19-20-21-22/h1-6H,(H,18,23)(H,19,21,24). The summed E-state index contributed by atoms with van der Waals surface area (Å²) in [7, 11) is 0. The van der Waals surface area contributed by atoms with Crippen LogP contribution in [0.25, 0.3) is 5.69 Å². The first-order valence-corrected chi connectivity index (χ1v) is 6.53. The van der Waals surface area contributed by atoms with E-state index >= 15 is 0 Å². The number of carbonyl (C=O) groups excluding carboxylic acids is 1. The SMILES string of the molecule is O=C(Nc1ccc(-n2nn[nH]c2=O)cc1)c1ccc(F)c(F)c1F. The molecule has 1 amide bonds. The summed E-state index contributed by atoms with van der Waals surface area (Å²) >= 11 is 0. The third-order valence-corrected chi connectivity index (χ3v) is 3.12. The summed E-state index contributed by atoms with van der Waals surface area (Å²) in [5.74, 6) is -5.62. The average Bonchev–Trinajstić information content (AvgIpc) is 2.99. The number of carbonyl (C=O) groups is 1. The summed E-state index contributed by atoms with van der Waals surface area (Å²) in [5, 5.41) is 11.3. The first kappa shape index (κ1) is 15.5. The summed E-state index contributed by atoms with van der Waals surface area (Å²) in [6, 6.07) is 7.26. The van der Waals surface area contributed by atoms with E-state index in [9.17, 15) is 22.8 Å². The number of anilines is 1. The quantitative estimate of drug-likeness (QED) is 0.712. The van der Waals surface area contributed by atoms with Crippen molar-refractivity contribution in [3.63, 3.8) is 0 Å². The highest BCUT2D eigenvalue weighted by Gasteiger charge is 2.18. The van der Waals surface area contributed by atoms with Gasteiger partial charge in [0.2, 0.25) is 0 Å². The predicted octanol–water partition coefficient (Wildman–Crippen LogP) is 1.63. The van der Waals surface area contributed by atoms with Crippen molar-refractivity contribution in [2.45, 2.75) is 0 Å². The fourth-order valence-corrected chi connectivity index (χ4v) is 1.95. The zero-order chi connectivity index (χ0) is 17.3. The number of tetrazole rings is 1. The minimum atomic E-state index is -1.72. The number of halogens is 3. The summed E-state index contributed by atoms with van der Waals surface area (Å²) in [5.41, 5.74) is -0.545. The number of nitrogens with one attached hydrogen (secondary N) is 2. The number of benzene rings is 2. The molecule has 0 spiro atoms. The minimum absolute atomic E-state index is 0.254. The van der Waals surface area contributed by atoms with E-state index in [-0.39, 0.29) is 5.69 Å². The third-order valence-electron chi connectivity index (χ3n) is 3.12. The molecule has 122 valence electrons. The molecule has 0 unspecified atom stereocenters. The molecule has 3 rings (SSSR count). The molecule has 0 saturated carbocycles. The number of amides is 1. The highest BCUT2D eigenvalue weighted by molar-refractivity contribution is 6.04. The third kappa shape index (κ3) is 2.76. The molecule has 2 aromatic carbocycles. The van der Waals surface area contributed by atoms with Crippen LogP contribution in [0.5, 0.6) is 0 Å². The zero-order valence-electron chi connectivity index (χ0n) is 11.8. The van der Waals surface area contributed by atoms with Gasteiger partial charge in [-0.05, 0) is 46.8 Å². The predicted molar refractivity (Wildman–Crippen MR) is 76.2 cm³/mol. The Kier molecular flexibility index (Phi) is 3.86. The second kappa shape index (κ2) is 5.99. The van der Waals surface area contributed by atoms with Gasteiger partial charge in [-0.3, -0.25) is 4.79 Å². The van der Waals surface area contributed by atoms with E-state index in [2.05, 4.69) is 20.8 Å². The molecule has 0 aliphatic carbocycles. The molecule has 0 fully saturated rings. The van der Waals surface area contributed by atoms with Gasteiger partial charge in [-0.25, -0.2) is 23.1 Å². The lowest BCUT2D eigenvalue weighted by Gasteiger charge is -2.07. The molecule has 0 radical (unpaired) electrons. The van der Waals surface area contributed by atoms with Crippen molar-refractivity contribution < 1.29 is 18.0 Å². The second-order valence-electron chi connectivity index (χ2n) is 4.64. The number of rotatable bonds is 3. The normalized spacial score (nSPS) is 10.6. The smallest absolute Gasteiger partial charge is 0.322 e. The summed E-state index contributed by atoms with van der Waals surface area (Å²) in [6.07, 6.45) is 0. The van der Waals surface area contributed by atoms with Gasteiger partial charge >= 0.3 is 5.69 Å². The van der Waals surface area contributed by atoms with E-state index in [1.54, 1.807) is 0 Å². The van der Waals surface area contributed by atoms with Gasteiger partial charge in [0.25, 0.3) is 5.91 Å². The topological polar surface area (TPSA) is 92.7 Å². The van der Waals surface area contributed by atoms with Gasteiger partial charge < -0.3 is 5.32 Å². The number of aromatic nitrogens is 4. The van der Waals surface area contributed by atoms with Crippen LogP contribution in [0.15, 0.2) is 41.2 Å². The van der Waals surface area contributed by atoms with Crippen molar-refractivity contribution in [2.75, 3.05) is 5.32 Å². The maximum Gasteiger partial charge on any atom is 0.365 e. The van der Waals surface area contributed by atoms with Crippen molar-refractivity contribution in [2.24, 2.45) is 0 Å². The first-order chi connectivity index (χ1) is 11.5. The maximum atomic E-state index is 13.6. The maximum absolute atomic E-state index is 13.6. The molecule has 10 heteroatoms. The van der Waals surface area contributed by atoms with Gasteiger partial charge in [0.1, 0.15) is 0 Å². The molecule has 24 heavy (non-hydrogen) atoms. The van der Waals surface area contributed by atoms with E-state index in [1.807, 2.05) is 0 Å². The minimum Gasteiger partial charge on any atom is -0.322 e. The fraction of sp³-hybridized carbons (Fsp3) is 0. The van der Waals surface area contributed by atoms with Crippen molar-refractivity contribution >= 4 is 11.6 Å². The Bertz CT molecular complexity index is 965. The van der Waals surface area contributed by atoms with Crippen LogP contribution in [0, 0.1) is 17.5 Å². The number of hydrogen-bond donors (Lipinski definition) is 2. The van der Waals surface area contributed by atoms with E-state index < -0.39 is 34.6 Å². The van der Waals surface area contributed by atoms with Crippen LogP contribution in [0.2, 0.25) is 0 Å². The van der Waals surface area contributed by atoms with Crippen molar-refractivity contribution in [3.05, 3.63) is 69.9 Å². The number of hydrogen-bond acceptors (Lipinski definition) is 4. The van der Waals surface area contributed by atoms with Gasteiger partial charge in [-0.15, -0.1) is 0 Å². The first-order valence-electron chi connectivity index (χ1n) is 6.53. The molecule has 0 atom stereocenters. The molecule has 1 aromatic heterocycles. The monoisotopic (exact) mass is 335 g/mol. The fourth-order valence-electron chi connectivity index (χ4n) is 1.95. The van der Waals surface area contributed by atoms with Crippen molar-refractivity contribution in [3.8, 4) is 5.69 Å². The van der Waals surface area contributed by atoms with Gasteiger partial charge in [0.05, 0.1) is 11.3 Å². The lowest BCUT2D eigenvalue weighted by Crippen LogP contribution is -2.17. The van der Waals surface area contributed by atoms with Gasteiger partial charge in [-0.2, -0.15) is 4.68 Å². The van der Waals surface area contributed by atoms with Crippen LogP contribution in [0.4, 0.5) is 18.9 Å². The van der Waals surface area contributed by atoms with Crippen molar-refractivity contribution in [1.82, 2.24) is 20.2 Å². The summed E-state index contributed by atoms with van der Waals surface area (Å²) < 4.78 is 40.6. The zero-order valence-corrected chi connectivity index (χ0v) is 11.8. The lowest BCUT2D eigenvalue weighted by atomic mass is 10.1. The van der Waals surface area contributed by atoms with Crippen LogP contribution in [-0.4, -0.2) is 26.1 Å². The van der Waals surface area contributed by atoms with E-state index in [0.717, 1.165) is 10.7 Å². The Morgan fingerprint density at radius 3 is 2.38 bits per heavy atom. The molecule has 0 bridgehead atoms. The molecule has 0 aliphatic rings. The molecule has 0 aliphatic heterocycles. The highest BCUT2D eigenvalue weighted by atomic mass is 19.2. The number of aromatic amines is 1. The molecule has 3 aromatic rings. The number of nitrogens with zero attached hydrogens (tertiary/aromatic N) is 3. The largest absolute Gasteiger partial charge is 0.365 e. The van der Waals surface area contributed by atoms with E-state index in [0.29, 0.717) is 11.8 Å². The molecule has 7 nitrogen and oxygen atoms in total. The van der Waals surface area contributed by atoms with E-state index in [1.165, 1.54) is 24.3 Å². The van der Waals surface area contributed by atoms with Crippen LogP contribution in [0.1, 0.15) is 10.4 Å². The van der Waals surface area contributed by atoms with Crippen molar-refractivity contribution in [1.29, 1.82) is 0 Å². The van der Waals surface area contributed by atoms with Gasteiger partial charge in [0.15, 0.2) is 17.5 Å². The number of H-pyrrole nitrogens is 1. The summed E-state index contributed by atoms with van der Waals surface area (Å²) in [6.45, 7) is 0. The van der Waals surface area contributed by atoms with Crippen LogP contribution in [0.3, 0.4) is 0 Å². The molecular weight excluding hydrogens is 327 g/mol. The molecular formula is C14H8F3N5O2. The van der Waals surface area contributed by atoms with Crippen LogP contribution < -0.4 is 11.0 Å². The van der Waals surface area contributed by atoms with Gasteiger partial charge in [0, 0.05) is 5.69 Å². The van der Waals surface area contributed by atoms with Crippen LogP contribution in [-0.2, 0) is 0 Å². The Labute approximate surface area is 131 Å². The second-order valence-corrected chi connectivity index (χ2v) is 4.64. The Morgan fingerprint density at radius 1 is 1.04 bits per heavy atom. The Balaban J connectivity index is 1.82. The Hall–Kier alpha value is -3.43. The van der Waals surface area contributed by atoms with Gasteiger partial charge in [-0.1, -0.05) is 0 Å². The molecule has 2 N–H and O–H groups in total. The molecule has 0 saturated heterocycles. The Morgan fingerprint density at radius 2 is 1.75 bits per heavy atom. The van der Waals surface area contributed by atoms with E-state index in [4.69, 9.17) is 0 Å². The van der Waals surface area contributed by atoms with Crippen LogP contribution >= 0.6 is 0 Å². The lowest BCUT2D eigenvalue weighted by molar-refractivity contribution is 0.102. The molecule has 1 heterocycles. The summed E-state index contributed by atoms with van der Waals surface area (Å²) in [4.78, 5) is 23.3. The average molecular weight is 335 g/mol. The highest BCUT2D eigenvalue weighted by Crippen LogP contribution is 2.17.